The van der Waals surface area contributed by atoms with Crippen molar-refractivity contribution >= 4 is 27.7 Å². The lowest BCUT2D eigenvalue weighted by molar-refractivity contribution is -0.0500. The summed E-state index contributed by atoms with van der Waals surface area (Å²) in [6, 6.07) is 2.10. The van der Waals surface area contributed by atoms with Crippen LogP contribution in [0.2, 0.25) is 5.02 Å². The monoisotopic (exact) mass is 348 g/mol. The van der Waals surface area contributed by atoms with Gasteiger partial charge in [-0.2, -0.15) is 21.6 Å². The van der Waals surface area contributed by atoms with Gasteiger partial charge in [-0.1, -0.05) is 11.6 Å². The summed E-state index contributed by atoms with van der Waals surface area (Å²) in [5.74, 6) is -2.35. The second-order valence-corrected chi connectivity index (χ2v) is 5.35. The first-order valence-corrected chi connectivity index (χ1v) is 6.79. The van der Waals surface area contributed by atoms with Crippen molar-refractivity contribution < 1.29 is 40.0 Å². The minimum Gasteiger partial charge on any atom is -0.493 e. The predicted molar refractivity (Wildman–Crippen MR) is 64.9 cm³/mol. The number of methoxy groups -OCH3 is 2. The van der Waals surface area contributed by atoms with Crippen molar-refractivity contribution in [1.29, 1.82) is 0 Å². The molecule has 118 valence electrons. The molecule has 11 heteroatoms. The number of rotatable bonds is 4. The first-order valence-electron chi connectivity index (χ1n) is 5.00. The maximum absolute atomic E-state index is 12.3. The number of halogens is 4. The average Bonchev–Trinajstić information content (AvgIpc) is 2.38. The smallest absolute Gasteiger partial charge is 0.493 e. The number of carbonyl (C=O) groups excluding carboxylic acids is 1. The van der Waals surface area contributed by atoms with Gasteiger partial charge in [0.1, 0.15) is 5.02 Å². The molecule has 0 unspecified atom stereocenters. The van der Waals surface area contributed by atoms with E-state index in [4.69, 9.17) is 11.6 Å². The SMILES string of the molecule is COC(=O)c1ccc(OC)c(OS(=O)(=O)C(F)(F)F)c1Cl. The van der Waals surface area contributed by atoms with E-state index in [0.29, 0.717) is 0 Å². The van der Waals surface area contributed by atoms with Gasteiger partial charge in [-0.15, -0.1) is 0 Å². The topological polar surface area (TPSA) is 78.9 Å². The molecular formula is C10H8ClF3O6S. The maximum Gasteiger partial charge on any atom is 0.534 e. The Morgan fingerprint density at radius 2 is 1.81 bits per heavy atom. The Hall–Kier alpha value is -1.68. The number of hydrogen-bond acceptors (Lipinski definition) is 6. The number of alkyl halides is 3. The molecule has 0 saturated heterocycles. The van der Waals surface area contributed by atoms with E-state index < -0.39 is 38.1 Å². The van der Waals surface area contributed by atoms with Crippen molar-refractivity contribution in [1.82, 2.24) is 0 Å². The zero-order valence-electron chi connectivity index (χ0n) is 10.5. The predicted octanol–water partition coefficient (Wildman–Crippen LogP) is 2.36. The molecule has 0 radical (unpaired) electrons. The lowest BCUT2D eigenvalue weighted by atomic mass is 10.2. The summed E-state index contributed by atoms with van der Waals surface area (Å²) in [6.07, 6.45) is 0. The van der Waals surface area contributed by atoms with E-state index in [9.17, 15) is 26.4 Å². The Labute approximate surface area is 122 Å². The zero-order chi connectivity index (χ0) is 16.4. The fraction of sp³-hybridized carbons (Fsp3) is 0.300. The van der Waals surface area contributed by atoms with Gasteiger partial charge in [0, 0.05) is 0 Å². The van der Waals surface area contributed by atoms with E-state index in [-0.39, 0.29) is 5.56 Å². The van der Waals surface area contributed by atoms with Crippen molar-refractivity contribution in [2.24, 2.45) is 0 Å². The van der Waals surface area contributed by atoms with Crippen molar-refractivity contribution in [3.8, 4) is 11.5 Å². The van der Waals surface area contributed by atoms with Crippen molar-refractivity contribution in [3.63, 3.8) is 0 Å². The van der Waals surface area contributed by atoms with E-state index in [1.807, 2.05) is 0 Å². The number of carbonyl (C=O) groups is 1. The Kier molecular flexibility index (Phi) is 4.95. The molecule has 0 N–H and O–H groups in total. The third-order valence-corrected chi connectivity index (χ3v) is 3.49. The Morgan fingerprint density at radius 3 is 2.24 bits per heavy atom. The highest BCUT2D eigenvalue weighted by atomic mass is 35.5. The van der Waals surface area contributed by atoms with Crippen molar-refractivity contribution in [2.45, 2.75) is 5.51 Å². The van der Waals surface area contributed by atoms with Gasteiger partial charge in [0.25, 0.3) is 0 Å². The lowest BCUT2D eigenvalue weighted by Crippen LogP contribution is -2.28. The van der Waals surface area contributed by atoms with Crippen LogP contribution in [-0.4, -0.2) is 34.1 Å². The summed E-state index contributed by atoms with van der Waals surface area (Å²) in [4.78, 5) is 11.4. The van der Waals surface area contributed by atoms with E-state index >= 15 is 0 Å². The van der Waals surface area contributed by atoms with Crippen LogP contribution >= 0.6 is 11.6 Å². The number of hydrogen-bond donors (Lipinski definition) is 0. The molecule has 0 aliphatic rings. The van der Waals surface area contributed by atoms with E-state index in [1.54, 1.807) is 0 Å². The average molecular weight is 349 g/mol. The third-order valence-electron chi connectivity index (χ3n) is 2.16. The standard InChI is InChI=1S/C10H8ClF3O6S/c1-18-6-4-3-5(9(15)19-2)7(11)8(6)20-21(16,17)10(12,13)14/h3-4H,1-2H3. The summed E-state index contributed by atoms with van der Waals surface area (Å²) in [6.45, 7) is 0. The normalized spacial score (nSPS) is 11.9. The molecule has 0 aliphatic carbocycles. The molecule has 1 rings (SSSR count). The first kappa shape index (κ1) is 17.4. The quantitative estimate of drug-likeness (QED) is 0.472. The van der Waals surface area contributed by atoms with Crippen molar-refractivity contribution in [2.75, 3.05) is 14.2 Å². The van der Waals surface area contributed by atoms with Gasteiger partial charge < -0.3 is 13.7 Å². The molecule has 0 saturated carbocycles. The molecule has 6 nitrogen and oxygen atoms in total. The van der Waals surface area contributed by atoms with Gasteiger partial charge >= 0.3 is 21.6 Å². The van der Waals surface area contributed by atoms with Gasteiger partial charge in [0.05, 0.1) is 19.8 Å². The van der Waals surface area contributed by atoms with Crippen LogP contribution in [0, 0.1) is 0 Å². The third kappa shape index (κ3) is 3.50. The van der Waals surface area contributed by atoms with E-state index in [1.165, 1.54) is 0 Å². The van der Waals surface area contributed by atoms with Crippen LogP contribution in [0.5, 0.6) is 11.5 Å². The van der Waals surface area contributed by atoms with Gasteiger partial charge in [0.15, 0.2) is 5.75 Å². The summed E-state index contributed by atoms with van der Waals surface area (Å²) < 4.78 is 71.9. The largest absolute Gasteiger partial charge is 0.534 e. The van der Waals surface area contributed by atoms with Crippen LogP contribution in [0.25, 0.3) is 0 Å². The van der Waals surface area contributed by atoms with Crippen LogP contribution in [-0.2, 0) is 14.9 Å². The molecule has 0 aromatic heterocycles. The number of benzene rings is 1. The Bertz CT molecular complexity index is 655. The highest BCUT2D eigenvalue weighted by molar-refractivity contribution is 7.88. The molecule has 1 aromatic carbocycles. The highest BCUT2D eigenvalue weighted by Crippen LogP contribution is 2.40. The second-order valence-electron chi connectivity index (χ2n) is 3.43. The van der Waals surface area contributed by atoms with Crippen LogP contribution in [0.3, 0.4) is 0 Å². The summed E-state index contributed by atoms with van der Waals surface area (Å²) >= 11 is 5.68. The van der Waals surface area contributed by atoms with Gasteiger partial charge in [0.2, 0.25) is 5.75 Å². The molecule has 1 aromatic rings. The van der Waals surface area contributed by atoms with Gasteiger partial charge in [-0.05, 0) is 12.1 Å². The van der Waals surface area contributed by atoms with Gasteiger partial charge in [-0.3, -0.25) is 0 Å². The molecule has 0 atom stereocenters. The fourth-order valence-corrected chi connectivity index (χ4v) is 2.00. The molecule has 0 heterocycles. The van der Waals surface area contributed by atoms with Crippen LogP contribution in [0.1, 0.15) is 10.4 Å². The Balaban J connectivity index is 3.44. The summed E-state index contributed by atoms with van der Waals surface area (Å²) in [5.41, 5.74) is -6.05. The molecular weight excluding hydrogens is 341 g/mol. The first-order chi connectivity index (χ1) is 9.55. The Morgan fingerprint density at radius 1 is 1.24 bits per heavy atom. The lowest BCUT2D eigenvalue weighted by Gasteiger charge is -2.14. The summed E-state index contributed by atoms with van der Waals surface area (Å²) in [5, 5.41) is -0.686. The van der Waals surface area contributed by atoms with Crippen LogP contribution in [0.4, 0.5) is 13.2 Å². The molecule has 0 aliphatic heterocycles. The van der Waals surface area contributed by atoms with E-state index in [0.717, 1.165) is 26.4 Å². The second kappa shape index (κ2) is 5.98. The van der Waals surface area contributed by atoms with Crippen LogP contribution in [0.15, 0.2) is 12.1 Å². The molecule has 21 heavy (non-hydrogen) atoms. The minimum atomic E-state index is -5.97. The number of esters is 1. The van der Waals surface area contributed by atoms with E-state index in [2.05, 4.69) is 13.7 Å². The van der Waals surface area contributed by atoms with Crippen molar-refractivity contribution in [3.05, 3.63) is 22.7 Å². The summed E-state index contributed by atoms with van der Waals surface area (Å²) in [7, 11) is -3.91. The van der Waals surface area contributed by atoms with Crippen LogP contribution < -0.4 is 8.92 Å². The molecule has 0 bridgehead atoms. The highest BCUT2D eigenvalue weighted by Gasteiger charge is 2.49. The fourth-order valence-electron chi connectivity index (χ4n) is 1.20. The number of ether oxygens (including phenoxy) is 2. The molecule has 0 amide bonds. The van der Waals surface area contributed by atoms with Gasteiger partial charge in [-0.25, -0.2) is 4.79 Å². The maximum atomic E-state index is 12.3. The minimum absolute atomic E-state index is 0.382. The molecule has 0 spiro atoms. The molecule has 0 fully saturated rings. The zero-order valence-corrected chi connectivity index (χ0v) is 12.1.